The van der Waals surface area contributed by atoms with Crippen molar-refractivity contribution in [3.63, 3.8) is 0 Å². The van der Waals surface area contributed by atoms with Crippen molar-refractivity contribution < 1.29 is 14.0 Å². The number of aromatic nitrogens is 4. The molecule has 0 saturated heterocycles. The number of nitrogens with one attached hydrogen (secondary N) is 2. The molecule has 11 heteroatoms. The SMILES string of the molecule is CCC(c1ccc(C(=O)NCc2nn[nH]n2)cc1)N1C(=O)C(c2cc(F)cc(Cl)c2)=NC12CCC(C(C)(C)C)CC2. The standard InChI is InChI=1S/C30H35ClFN7O2/c1-5-24(18-6-8-19(9-7-18)27(40)33-17-25-35-37-38-36-25)39-28(41)26(20-14-22(31)16-23(32)15-20)34-30(39)12-10-21(11-13-30)29(2,3)4/h6-9,14-16,21,24H,5,10-13,17H2,1-4H3,(H,33,40)(H,35,36,37,38). The zero-order chi connectivity index (χ0) is 29.4. The minimum atomic E-state index is -0.728. The largest absolute Gasteiger partial charge is 0.345 e. The molecule has 9 nitrogen and oxygen atoms in total. The molecule has 1 unspecified atom stereocenters. The first-order valence-corrected chi connectivity index (χ1v) is 14.4. The third kappa shape index (κ3) is 5.88. The zero-order valence-electron chi connectivity index (χ0n) is 23.7. The lowest BCUT2D eigenvalue weighted by Gasteiger charge is -2.47. The van der Waals surface area contributed by atoms with Crippen LogP contribution in [-0.4, -0.2) is 48.7 Å². The summed E-state index contributed by atoms with van der Waals surface area (Å²) in [6.07, 6.45) is 3.96. The third-order valence-electron chi connectivity index (χ3n) is 8.39. The van der Waals surface area contributed by atoms with E-state index in [1.54, 1.807) is 18.2 Å². The average Bonchev–Trinajstić information content (AvgIpc) is 3.55. The van der Waals surface area contributed by atoms with E-state index in [1.165, 1.54) is 12.1 Å². The third-order valence-corrected chi connectivity index (χ3v) is 8.61. The Morgan fingerprint density at radius 3 is 2.49 bits per heavy atom. The monoisotopic (exact) mass is 579 g/mol. The average molecular weight is 580 g/mol. The highest BCUT2D eigenvalue weighted by molar-refractivity contribution is 6.47. The van der Waals surface area contributed by atoms with E-state index in [0.29, 0.717) is 29.3 Å². The molecule has 216 valence electrons. The number of hydrogen-bond donors (Lipinski definition) is 2. The van der Waals surface area contributed by atoms with Crippen molar-refractivity contribution in [2.45, 2.75) is 78.0 Å². The van der Waals surface area contributed by atoms with Crippen LogP contribution in [0.1, 0.15) is 93.2 Å². The molecule has 2 N–H and O–H groups in total. The van der Waals surface area contributed by atoms with Crippen LogP contribution in [0.4, 0.5) is 4.39 Å². The Kier molecular flexibility index (Phi) is 7.96. The topological polar surface area (TPSA) is 116 Å². The van der Waals surface area contributed by atoms with Crippen LogP contribution < -0.4 is 5.32 Å². The molecule has 1 aliphatic heterocycles. The number of rotatable bonds is 7. The Morgan fingerprint density at radius 1 is 1.20 bits per heavy atom. The second-order valence-corrected chi connectivity index (χ2v) is 12.4. The quantitative estimate of drug-likeness (QED) is 0.376. The molecule has 2 heterocycles. The number of aliphatic imine (C=N–C) groups is 1. The number of nitrogens with zero attached hydrogens (tertiary/aromatic N) is 5. The van der Waals surface area contributed by atoms with E-state index in [9.17, 15) is 14.0 Å². The van der Waals surface area contributed by atoms with Gasteiger partial charge in [0.2, 0.25) is 0 Å². The van der Waals surface area contributed by atoms with Gasteiger partial charge in [0.05, 0.1) is 12.6 Å². The van der Waals surface area contributed by atoms with Gasteiger partial charge in [0.1, 0.15) is 17.2 Å². The van der Waals surface area contributed by atoms with Crippen LogP contribution in [0.25, 0.3) is 0 Å². The Bertz CT molecular complexity index is 1420. The van der Waals surface area contributed by atoms with Crippen molar-refractivity contribution >= 4 is 29.1 Å². The highest BCUT2D eigenvalue weighted by atomic mass is 35.5. The summed E-state index contributed by atoms with van der Waals surface area (Å²) in [7, 11) is 0. The van der Waals surface area contributed by atoms with Gasteiger partial charge >= 0.3 is 0 Å². The van der Waals surface area contributed by atoms with Crippen LogP contribution in [0, 0.1) is 17.2 Å². The summed E-state index contributed by atoms with van der Waals surface area (Å²) in [5.41, 5.74) is 1.45. The van der Waals surface area contributed by atoms with E-state index in [4.69, 9.17) is 16.6 Å². The summed E-state index contributed by atoms with van der Waals surface area (Å²) in [4.78, 5) is 33.9. The molecule has 2 aliphatic rings. The van der Waals surface area contributed by atoms with Gasteiger partial charge in [-0.3, -0.25) is 14.6 Å². The predicted molar refractivity (Wildman–Crippen MR) is 154 cm³/mol. The fraction of sp³-hybridized carbons (Fsp3) is 0.467. The van der Waals surface area contributed by atoms with Crippen LogP contribution in [0.15, 0.2) is 47.5 Å². The van der Waals surface area contributed by atoms with Gasteiger partial charge in [-0.25, -0.2) is 4.39 Å². The minimum Gasteiger partial charge on any atom is -0.345 e. The van der Waals surface area contributed by atoms with Gasteiger partial charge in [-0.2, -0.15) is 5.21 Å². The van der Waals surface area contributed by atoms with Gasteiger partial charge in [0.15, 0.2) is 5.82 Å². The van der Waals surface area contributed by atoms with E-state index in [0.717, 1.165) is 31.2 Å². The number of carbonyl (C=O) groups is 2. The molecule has 0 bridgehead atoms. The smallest absolute Gasteiger partial charge is 0.275 e. The lowest BCUT2D eigenvalue weighted by Crippen LogP contribution is -2.51. The van der Waals surface area contributed by atoms with Gasteiger partial charge in [0, 0.05) is 16.1 Å². The van der Waals surface area contributed by atoms with E-state index in [1.807, 2.05) is 24.0 Å². The first-order chi connectivity index (χ1) is 19.5. The molecule has 2 amide bonds. The van der Waals surface area contributed by atoms with Crippen LogP contribution in [-0.2, 0) is 11.3 Å². The molecule has 1 atom stereocenters. The van der Waals surface area contributed by atoms with Crippen LogP contribution >= 0.6 is 11.6 Å². The van der Waals surface area contributed by atoms with Crippen LogP contribution in [0.5, 0.6) is 0 Å². The first-order valence-electron chi connectivity index (χ1n) is 14.0. The summed E-state index contributed by atoms with van der Waals surface area (Å²) in [6, 6.07) is 11.1. The summed E-state index contributed by atoms with van der Waals surface area (Å²) in [6.45, 7) is 8.95. The number of amides is 2. The molecule has 1 aliphatic carbocycles. The fourth-order valence-electron chi connectivity index (χ4n) is 6.16. The van der Waals surface area contributed by atoms with E-state index in [-0.39, 0.29) is 40.6 Å². The molecule has 1 spiro atoms. The van der Waals surface area contributed by atoms with Crippen molar-refractivity contribution in [2.75, 3.05) is 0 Å². The number of tetrazole rings is 1. The number of carbonyl (C=O) groups excluding carboxylic acids is 2. The van der Waals surface area contributed by atoms with Crippen molar-refractivity contribution in [2.24, 2.45) is 16.3 Å². The van der Waals surface area contributed by atoms with Gasteiger partial charge < -0.3 is 10.2 Å². The van der Waals surface area contributed by atoms with Crippen LogP contribution in [0.2, 0.25) is 5.02 Å². The Morgan fingerprint density at radius 2 is 1.90 bits per heavy atom. The molecule has 0 radical (unpaired) electrons. The molecule has 2 aromatic carbocycles. The van der Waals surface area contributed by atoms with Gasteiger partial charge in [-0.05, 0) is 79.3 Å². The van der Waals surface area contributed by atoms with Crippen molar-refractivity contribution in [3.8, 4) is 0 Å². The second kappa shape index (κ2) is 11.3. The summed E-state index contributed by atoms with van der Waals surface area (Å²) >= 11 is 6.17. The zero-order valence-corrected chi connectivity index (χ0v) is 24.5. The molecule has 5 rings (SSSR count). The number of halogens is 2. The Balaban J connectivity index is 1.45. The van der Waals surface area contributed by atoms with E-state index in [2.05, 4.69) is 46.7 Å². The van der Waals surface area contributed by atoms with Crippen molar-refractivity contribution in [1.82, 2.24) is 30.8 Å². The van der Waals surface area contributed by atoms with Crippen molar-refractivity contribution in [3.05, 3.63) is 75.8 Å². The molecule has 41 heavy (non-hydrogen) atoms. The highest BCUT2D eigenvalue weighted by Crippen LogP contribution is 2.49. The summed E-state index contributed by atoms with van der Waals surface area (Å²) in [5, 5.41) is 16.5. The maximum Gasteiger partial charge on any atom is 0.275 e. The molecular weight excluding hydrogens is 545 g/mol. The van der Waals surface area contributed by atoms with Gasteiger partial charge in [-0.1, -0.05) is 56.6 Å². The lowest BCUT2D eigenvalue weighted by molar-refractivity contribution is -0.133. The fourth-order valence-corrected chi connectivity index (χ4v) is 6.39. The van der Waals surface area contributed by atoms with Gasteiger partial charge in [0.25, 0.3) is 11.8 Å². The maximum absolute atomic E-state index is 14.3. The first kappa shape index (κ1) is 28.9. The molecule has 1 fully saturated rings. The maximum atomic E-state index is 14.3. The lowest BCUT2D eigenvalue weighted by atomic mass is 9.69. The van der Waals surface area contributed by atoms with E-state index < -0.39 is 11.5 Å². The molecule has 1 saturated carbocycles. The summed E-state index contributed by atoms with van der Waals surface area (Å²) in [5.74, 6) is -0.104. The second-order valence-electron chi connectivity index (χ2n) is 12.0. The highest BCUT2D eigenvalue weighted by Gasteiger charge is 2.52. The predicted octanol–water partition coefficient (Wildman–Crippen LogP) is 5.64. The molecule has 1 aromatic heterocycles. The normalized spacial score (nSPS) is 21.7. The van der Waals surface area contributed by atoms with Crippen molar-refractivity contribution in [1.29, 1.82) is 0 Å². The Labute approximate surface area is 244 Å². The number of benzene rings is 2. The number of H-pyrrole nitrogens is 1. The molecular formula is C30H35ClFN7O2. The van der Waals surface area contributed by atoms with Crippen LogP contribution in [0.3, 0.4) is 0 Å². The number of hydrogen-bond acceptors (Lipinski definition) is 6. The summed E-state index contributed by atoms with van der Waals surface area (Å²) < 4.78 is 14.3. The minimum absolute atomic E-state index is 0.152. The van der Waals surface area contributed by atoms with E-state index >= 15 is 0 Å². The Hall–Kier alpha value is -3.66. The number of aromatic amines is 1. The molecule has 3 aromatic rings. The van der Waals surface area contributed by atoms with Gasteiger partial charge in [-0.15, -0.1) is 10.2 Å².